The molecule has 1 N–H and O–H groups in total. The third kappa shape index (κ3) is 29.3. The Kier molecular flexibility index (Phi) is 28.7. The second kappa shape index (κ2) is 29.1. The maximum absolute atomic E-state index is 11.9. The van der Waals surface area contributed by atoms with E-state index in [0.717, 1.165) is 23.6 Å². The number of nitrogens with one attached hydrogen (secondary N) is 1. The van der Waals surface area contributed by atoms with E-state index < -0.39 is 5.25 Å². The zero-order valence-electron chi connectivity index (χ0n) is 29.2. The Morgan fingerprint density at radius 2 is 1.27 bits per heavy atom. The van der Waals surface area contributed by atoms with Gasteiger partial charge >= 0.3 is 5.97 Å². The van der Waals surface area contributed by atoms with Crippen molar-refractivity contribution in [1.82, 2.24) is 10.3 Å². The molecule has 0 saturated carbocycles. The second-order valence-corrected chi connectivity index (χ2v) is 14.8. The lowest BCUT2D eigenvalue weighted by Gasteiger charge is -2.14. The van der Waals surface area contributed by atoms with Crippen LogP contribution in [0.5, 0.6) is 0 Å². The molecule has 16 heteroatoms. The summed E-state index contributed by atoms with van der Waals surface area (Å²) in [7, 11) is 4.63. The average Bonchev–Trinajstić information content (AvgIpc) is 3.27. The molecule has 272 valence electrons. The lowest BCUT2D eigenvalue weighted by Crippen LogP contribution is -2.32. The smallest absolute Gasteiger partial charge is 0.305 e. The molecule has 13 nitrogen and oxygen atoms in total. The predicted molar refractivity (Wildman–Crippen MR) is 191 cm³/mol. The summed E-state index contributed by atoms with van der Waals surface area (Å²) in [5.74, 6) is 1.42. The molecule has 3 amide bonds. The Hall–Kier alpha value is -2.85. The number of ketones is 5. The highest BCUT2D eigenvalue weighted by Crippen LogP contribution is 2.25. The van der Waals surface area contributed by atoms with Crippen LogP contribution in [0.2, 0.25) is 0 Å². The van der Waals surface area contributed by atoms with Crippen LogP contribution in [0.4, 0.5) is 0 Å². The summed E-state index contributed by atoms with van der Waals surface area (Å²) in [6.45, 7) is 9.67. The van der Waals surface area contributed by atoms with Crippen LogP contribution < -0.4 is 5.43 Å². The van der Waals surface area contributed by atoms with E-state index >= 15 is 0 Å². The molecular weight excluding hydrogens is 683 g/mol. The van der Waals surface area contributed by atoms with Gasteiger partial charge in [-0.15, -0.1) is 11.8 Å². The molecule has 48 heavy (non-hydrogen) atoms. The quantitative estimate of drug-likeness (QED) is 0.0414. The first-order chi connectivity index (χ1) is 22.5. The van der Waals surface area contributed by atoms with Gasteiger partial charge in [-0.2, -0.15) is 5.10 Å². The molecule has 1 aliphatic rings. The summed E-state index contributed by atoms with van der Waals surface area (Å²) in [6.07, 6.45) is 4.35. The van der Waals surface area contributed by atoms with Crippen molar-refractivity contribution in [2.75, 3.05) is 30.9 Å². The summed E-state index contributed by atoms with van der Waals surface area (Å²) >= 11 is 1.20. The molecule has 1 saturated heterocycles. The van der Waals surface area contributed by atoms with Gasteiger partial charge in [-0.05, 0) is 60.8 Å². The first-order valence-corrected chi connectivity index (χ1v) is 19.1. The lowest BCUT2D eigenvalue weighted by molar-refractivity contribution is -0.143. The number of likely N-dealkylation sites (tertiary alicyclic amines) is 1. The van der Waals surface area contributed by atoms with Gasteiger partial charge in [0.05, 0.1) is 18.1 Å². The number of methoxy groups -OCH3 is 1. The fourth-order valence-corrected chi connectivity index (χ4v) is 6.51. The molecule has 1 aliphatic heterocycles. The van der Waals surface area contributed by atoms with Crippen LogP contribution in [0.25, 0.3) is 0 Å². The Labute approximate surface area is 296 Å². The summed E-state index contributed by atoms with van der Waals surface area (Å²) in [5.41, 5.74) is 3.17. The highest BCUT2D eigenvalue weighted by atomic mass is 33.1. The number of rotatable bonds is 22. The van der Waals surface area contributed by atoms with Crippen LogP contribution in [0.15, 0.2) is 5.10 Å². The molecule has 0 radical (unpaired) electrons. The van der Waals surface area contributed by atoms with Gasteiger partial charge in [-0.25, -0.2) is 5.43 Å². The Morgan fingerprint density at radius 1 is 0.729 bits per heavy atom. The topological polar surface area (TPSA) is 190 Å². The molecule has 1 unspecified atom stereocenters. The van der Waals surface area contributed by atoms with E-state index in [0.29, 0.717) is 32.1 Å². The Bertz CT molecular complexity index is 1130. The molecule has 0 spiro atoms. The van der Waals surface area contributed by atoms with E-state index in [1.807, 2.05) is 0 Å². The van der Waals surface area contributed by atoms with E-state index in [1.165, 1.54) is 37.6 Å². The van der Waals surface area contributed by atoms with Gasteiger partial charge in [0, 0.05) is 68.7 Å². The maximum atomic E-state index is 11.9. The van der Waals surface area contributed by atoms with Crippen molar-refractivity contribution < 1.29 is 47.9 Å². The standard InChI is InChI=1S/C12H20N2O3.C12H17NO5S.C8H14O2S2/c1-9(5-4-6-10(2)15)13-14-12(17)8-7-11(3)16;1-8(14)7-19-9-6-10(15)13(12(9)17)5-3-4-11(16)18-2;1-7(9)3-5-11-12-6-4-8(2)10/h4-8H2,1-3H3,(H,14,17);9H,3-7H2,1-2H3;3-6H2,1-2H3/b13-9+;;. The van der Waals surface area contributed by atoms with Crippen molar-refractivity contribution in [2.24, 2.45) is 5.10 Å². The Morgan fingerprint density at radius 3 is 1.75 bits per heavy atom. The zero-order chi connectivity index (χ0) is 37.1. The number of nitrogens with zero attached hydrogens (tertiary/aromatic N) is 2. The summed E-state index contributed by atoms with van der Waals surface area (Å²) < 4.78 is 4.49. The van der Waals surface area contributed by atoms with Crippen molar-refractivity contribution in [2.45, 2.75) is 111 Å². The number of amides is 3. The molecular formula is C32H51N3O10S3. The van der Waals surface area contributed by atoms with Gasteiger partial charge in [-0.1, -0.05) is 21.6 Å². The van der Waals surface area contributed by atoms with Gasteiger partial charge in [0.1, 0.15) is 28.9 Å². The van der Waals surface area contributed by atoms with Crippen LogP contribution in [-0.2, 0) is 47.9 Å². The number of ether oxygens (including phenoxy) is 1. The number of carbonyl (C=O) groups is 9. The zero-order valence-corrected chi connectivity index (χ0v) is 31.6. The molecule has 1 fully saturated rings. The van der Waals surface area contributed by atoms with Gasteiger partial charge < -0.3 is 14.3 Å². The van der Waals surface area contributed by atoms with Crippen molar-refractivity contribution in [3.8, 4) is 0 Å². The number of esters is 1. The molecule has 0 aromatic carbocycles. The highest BCUT2D eigenvalue weighted by molar-refractivity contribution is 8.76. The molecule has 0 bridgehead atoms. The van der Waals surface area contributed by atoms with Crippen molar-refractivity contribution in [1.29, 1.82) is 0 Å². The average molecular weight is 734 g/mol. The summed E-state index contributed by atoms with van der Waals surface area (Å²) in [4.78, 5) is 100. The van der Waals surface area contributed by atoms with E-state index in [1.54, 1.807) is 49.3 Å². The number of Topliss-reactive ketones (excluding diaryl/α,β-unsaturated/α-hetero) is 5. The third-order valence-electron chi connectivity index (χ3n) is 5.98. The van der Waals surface area contributed by atoms with Gasteiger partial charge in [-0.3, -0.25) is 38.5 Å². The van der Waals surface area contributed by atoms with Gasteiger partial charge in [0.15, 0.2) is 0 Å². The first-order valence-electron chi connectivity index (χ1n) is 15.6. The predicted octanol–water partition coefficient (Wildman–Crippen LogP) is 4.32. The molecule has 1 rings (SSSR count). The number of hydrogen-bond acceptors (Lipinski definition) is 14. The van der Waals surface area contributed by atoms with Crippen molar-refractivity contribution >= 4 is 91.7 Å². The van der Waals surface area contributed by atoms with E-state index in [-0.39, 0.29) is 90.6 Å². The van der Waals surface area contributed by atoms with Crippen LogP contribution in [-0.4, -0.2) is 99.4 Å². The lowest BCUT2D eigenvalue weighted by atomic mass is 10.1. The van der Waals surface area contributed by atoms with E-state index in [4.69, 9.17) is 0 Å². The number of hydrazone groups is 1. The molecule has 0 aliphatic carbocycles. The molecule has 1 atom stereocenters. The largest absolute Gasteiger partial charge is 0.469 e. The monoisotopic (exact) mass is 733 g/mol. The fraction of sp³-hybridized carbons (Fsp3) is 0.688. The maximum Gasteiger partial charge on any atom is 0.305 e. The first kappa shape index (κ1) is 47.3. The van der Waals surface area contributed by atoms with Crippen LogP contribution in [0.1, 0.15) is 106 Å². The Balaban J connectivity index is 0. The number of carbonyl (C=O) groups excluding carboxylic acids is 9. The fourth-order valence-electron chi connectivity index (χ4n) is 3.36. The van der Waals surface area contributed by atoms with Gasteiger partial charge in [0.2, 0.25) is 17.7 Å². The minimum atomic E-state index is -0.463. The summed E-state index contributed by atoms with van der Waals surface area (Å²) in [5, 5.41) is 3.43. The number of imide groups is 1. The number of hydrogen-bond donors (Lipinski definition) is 1. The van der Waals surface area contributed by atoms with Crippen LogP contribution in [0, 0.1) is 0 Å². The normalized spacial score (nSPS) is 13.9. The SMILES string of the molecule is CC(=O)CCC/C(C)=N/NC(=O)CCC(C)=O.CC(=O)CCSSCCC(C)=O.COC(=O)CCCN1C(=O)CC(SCC(C)=O)C1=O. The van der Waals surface area contributed by atoms with Crippen molar-refractivity contribution in [3.05, 3.63) is 0 Å². The molecule has 0 aromatic rings. The van der Waals surface area contributed by atoms with Crippen LogP contribution >= 0.6 is 33.3 Å². The van der Waals surface area contributed by atoms with E-state index in [9.17, 15) is 43.2 Å². The minimum Gasteiger partial charge on any atom is -0.469 e. The van der Waals surface area contributed by atoms with Crippen molar-refractivity contribution in [3.63, 3.8) is 0 Å². The summed E-state index contributed by atoms with van der Waals surface area (Å²) in [6, 6.07) is 0. The molecule has 0 aromatic heterocycles. The highest BCUT2D eigenvalue weighted by Gasteiger charge is 2.38. The van der Waals surface area contributed by atoms with Crippen LogP contribution in [0.3, 0.4) is 0 Å². The molecule has 1 heterocycles. The number of thioether (sulfide) groups is 1. The third-order valence-corrected chi connectivity index (χ3v) is 9.73. The second-order valence-electron chi connectivity index (χ2n) is 11.0. The van der Waals surface area contributed by atoms with E-state index in [2.05, 4.69) is 15.3 Å². The van der Waals surface area contributed by atoms with Gasteiger partial charge in [0.25, 0.3) is 0 Å². The minimum absolute atomic E-state index is 0.0118.